The molecule has 0 spiro atoms. The monoisotopic (exact) mass is 399 g/mol. The van der Waals surface area contributed by atoms with Crippen molar-refractivity contribution in [2.24, 2.45) is 10.8 Å². The van der Waals surface area contributed by atoms with Gasteiger partial charge in [-0.05, 0) is 50.7 Å². The van der Waals surface area contributed by atoms with Crippen molar-refractivity contribution < 1.29 is 19.1 Å². The lowest BCUT2D eigenvalue weighted by Gasteiger charge is -2.50. The number of nitrogens with one attached hydrogen (secondary N) is 1. The molecule has 1 aromatic heterocycles. The summed E-state index contributed by atoms with van der Waals surface area (Å²) in [7, 11) is 0. The van der Waals surface area contributed by atoms with E-state index in [2.05, 4.69) is 16.4 Å². The summed E-state index contributed by atoms with van der Waals surface area (Å²) in [5, 5.41) is 22.0. The number of carboxylic acids is 1. The molecule has 5 rings (SSSR count). The number of amides is 1. The Balaban J connectivity index is 1.55. The molecule has 28 heavy (non-hydrogen) atoms. The Morgan fingerprint density at radius 2 is 1.82 bits per heavy atom. The van der Waals surface area contributed by atoms with Gasteiger partial charge in [-0.25, -0.2) is 9.37 Å². The number of rotatable bonds is 4. The molecule has 6 nitrogen and oxygen atoms in total. The number of benzene rings is 1. The molecule has 0 aliphatic heterocycles. The summed E-state index contributed by atoms with van der Waals surface area (Å²) in [6, 6.07) is 7.87. The number of nitriles is 1. The summed E-state index contributed by atoms with van der Waals surface area (Å²) in [6.45, 7) is 0. The SMILES string of the molecule is N#Cc1sc(NC(=O)C23CCC(C(=O)O)(CC2)CC3)nc1-c1cccc(F)c1. The first-order valence-electron chi connectivity index (χ1n) is 9.09. The fourth-order valence-electron chi connectivity index (χ4n) is 4.36. The van der Waals surface area contributed by atoms with Crippen LogP contribution in [0.5, 0.6) is 0 Å². The van der Waals surface area contributed by atoms with E-state index in [-0.39, 0.29) is 5.91 Å². The van der Waals surface area contributed by atoms with Gasteiger partial charge in [0.15, 0.2) is 5.13 Å². The van der Waals surface area contributed by atoms with Crippen LogP contribution in [0.1, 0.15) is 43.4 Å². The van der Waals surface area contributed by atoms with Gasteiger partial charge < -0.3 is 10.4 Å². The second-order valence-corrected chi connectivity index (χ2v) is 8.64. The van der Waals surface area contributed by atoms with Crippen LogP contribution in [0.2, 0.25) is 0 Å². The van der Waals surface area contributed by atoms with Crippen molar-refractivity contribution in [3.8, 4) is 17.3 Å². The fourth-order valence-corrected chi connectivity index (χ4v) is 5.14. The highest BCUT2D eigenvalue weighted by molar-refractivity contribution is 7.16. The van der Waals surface area contributed by atoms with Crippen LogP contribution < -0.4 is 5.32 Å². The number of hydrogen-bond acceptors (Lipinski definition) is 5. The maximum Gasteiger partial charge on any atom is 0.309 e. The van der Waals surface area contributed by atoms with E-state index < -0.39 is 22.6 Å². The molecule has 3 saturated carbocycles. The highest BCUT2D eigenvalue weighted by Crippen LogP contribution is 2.57. The minimum Gasteiger partial charge on any atom is -0.481 e. The molecule has 1 aromatic carbocycles. The van der Waals surface area contributed by atoms with Crippen molar-refractivity contribution in [2.75, 3.05) is 5.32 Å². The number of carboxylic acid groups (broad SMARTS) is 1. The van der Waals surface area contributed by atoms with E-state index in [0.29, 0.717) is 59.8 Å². The van der Waals surface area contributed by atoms with Gasteiger partial charge in [0, 0.05) is 11.0 Å². The average Bonchev–Trinajstić information content (AvgIpc) is 3.12. The molecule has 0 radical (unpaired) electrons. The zero-order valence-corrected chi connectivity index (χ0v) is 15.8. The standard InChI is InChI=1S/C20H18FN3O3S/c21-13-3-1-2-12(10-13)15-14(11-22)28-18(23-15)24-16(25)19-4-7-20(8-5-19,9-6-19)17(26)27/h1-3,10H,4-9H2,(H,26,27)(H,23,24,25). The number of fused-ring (bicyclic) bond motifs is 3. The Bertz CT molecular complexity index is 986. The van der Waals surface area contributed by atoms with E-state index in [4.69, 9.17) is 0 Å². The lowest BCUT2D eigenvalue weighted by molar-refractivity contribution is -0.162. The molecule has 3 fully saturated rings. The Morgan fingerprint density at radius 3 is 2.39 bits per heavy atom. The molecule has 2 N–H and O–H groups in total. The third-order valence-corrected chi connectivity index (χ3v) is 7.10. The maximum absolute atomic E-state index is 13.5. The number of aromatic nitrogens is 1. The number of carbonyl (C=O) groups excluding carboxylic acids is 1. The van der Waals surface area contributed by atoms with Gasteiger partial charge >= 0.3 is 5.97 Å². The Hall–Kier alpha value is -2.79. The van der Waals surface area contributed by atoms with E-state index in [1.54, 1.807) is 12.1 Å². The zero-order valence-electron chi connectivity index (χ0n) is 15.0. The summed E-state index contributed by atoms with van der Waals surface area (Å²) in [6.07, 6.45) is 3.14. The number of aliphatic carboxylic acids is 1. The number of carbonyl (C=O) groups is 2. The van der Waals surface area contributed by atoms with Crippen LogP contribution in [0, 0.1) is 28.0 Å². The summed E-state index contributed by atoms with van der Waals surface area (Å²) >= 11 is 1.06. The normalized spacial score (nSPS) is 25.9. The third kappa shape index (κ3) is 2.96. The smallest absolute Gasteiger partial charge is 0.309 e. The van der Waals surface area contributed by atoms with Crippen molar-refractivity contribution in [3.63, 3.8) is 0 Å². The van der Waals surface area contributed by atoms with Crippen LogP contribution in [0.15, 0.2) is 24.3 Å². The lowest BCUT2D eigenvalue weighted by atomic mass is 9.53. The summed E-state index contributed by atoms with van der Waals surface area (Å²) in [5.74, 6) is -1.36. The van der Waals surface area contributed by atoms with Crippen LogP contribution >= 0.6 is 11.3 Å². The average molecular weight is 399 g/mol. The topological polar surface area (TPSA) is 103 Å². The predicted molar refractivity (Wildman–Crippen MR) is 101 cm³/mol. The van der Waals surface area contributed by atoms with Crippen LogP contribution in [0.4, 0.5) is 9.52 Å². The van der Waals surface area contributed by atoms with E-state index >= 15 is 0 Å². The minimum absolute atomic E-state index is 0.171. The molecule has 1 heterocycles. The second-order valence-electron chi connectivity index (χ2n) is 7.64. The highest BCUT2D eigenvalue weighted by atomic mass is 32.1. The van der Waals surface area contributed by atoms with Gasteiger partial charge in [-0.3, -0.25) is 9.59 Å². The second kappa shape index (κ2) is 6.67. The van der Waals surface area contributed by atoms with Crippen molar-refractivity contribution in [3.05, 3.63) is 35.0 Å². The first-order chi connectivity index (χ1) is 13.4. The Labute approximate surface area is 165 Å². The third-order valence-electron chi connectivity index (χ3n) is 6.23. The Kier molecular flexibility index (Phi) is 4.42. The molecule has 1 amide bonds. The molecule has 0 unspecified atom stereocenters. The molecule has 0 atom stereocenters. The van der Waals surface area contributed by atoms with Gasteiger partial charge in [0.1, 0.15) is 22.5 Å². The first kappa shape index (κ1) is 18.6. The molecule has 8 heteroatoms. The minimum atomic E-state index is -0.764. The number of thiazole rings is 1. The van der Waals surface area contributed by atoms with Gasteiger partial charge in [-0.15, -0.1) is 0 Å². The first-order valence-corrected chi connectivity index (χ1v) is 9.91. The summed E-state index contributed by atoms with van der Waals surface area (Å²) in [4.78, 5) is 29.2. The predicted octanol–water partition coefficient (Wildman–Crippen LogP) is 4.18. The molecule has 3 aliphatic rings. The molecule has 3 aliphatic carbocycles. The molecule has 0 saturated heterocycles. The molecular formula is C20H18FN3O3S. The lowest BCUT2D eigenvalue weighted by Crippen LogP contribution is -2.50. The van der Waals surface area contributed by atoms with Crippen LogP contribution in [0.25, 0.3) is 11.3 Å². The van der Waals surface area contributed by atoms with Crippen LogP contribution in [0.3, 0.4) is 0 Å². The molecular weight excluding hydrogens is 381 g/mol. The molecule has 2 aromatic rings. The Morgan fingerprint density at radius 1 is 1.18 bits per heavy atom. The number of nitrogens with zero attached hydrogens (tertiary/aromatic N) is 2. The van der Waals surface area contributed by atoms with Gasteiger partial charge in [0.2, 0.25) is 5.91 Å². The van der Waals surface area contributed by atoms with Gasteiger partial charge in [-0.2, -0.15) is 5.26 Å². The quantitative estimate of drug-likeness (QED) is 0.803. The van der Waals surface area contributed by atoms with Crippen LogP contribution in [-0.2, 0) is 9.59 Å². The molecule has 2 bridgehead atoms. The van der Waals surface area contributed by atoms with Crippen molar-refractivity contribution in [2.45, 2.75) is 38.5 Å². The molecule has 144 valence electrons. The van der Waals surface area contributed by atoms with E-state index in [9.17, 15) is 24.3 Å². The number of hydrogen-bond donors (Lipinski definition) is 2. The van der Waals surface area contributed by atoms with E-state index in [0.717, 1.165) is 11.3 Å². The number of anilines is 1. The van der Waals surface area contributed by atoms with E-state index in [1.165, 1.54) is 12.1 Å². The summed E-state index contributed by atoms with van der Waals surface area (Å²) < 4.78 is 13.5. The highest BCUT2D eigenvalue weighted by Gasteiger charge is 2.55. The fraction of sp³-hybridized carbons (Fsp3) is 0.400. The largest absolute Gasteiger partial charge is 0.481 e. The zero-order chi connectivity index (χ0) is 19.9. The van der Waals surface area contributed by atoms with Gasteiger partial charge in [0.05, 0.1) is 5.41 Å². The summed E-state index contributed by atoms with van der Waals surface area (Å²) in [5.41, 5.74) is -0.429. The van der Waals surface area contributed by atoms with Crippen LogP contribution in [-0.4, -0.2) is 22.0 Å². The van der Waals surface area contributed by atoms with Crippen molar-refractivity contribution >= 4 is 28.3 Å². The van der Waals surface area contributed by atoms with Crippen molar-refractivity contribution in [1.29, 1.82) is 5.26 Å². The van der Waals surface area contributed by atoms with Gasteiger partial charge in [-0.1, -0.05) is 23.5 Å². The van der Waals surface area contributed by atoms with Gasteiger partial charge in [0.25, 0.3) is 0 Å². The number of halogens is 1. The van der Waals surface area contributed by atoms with E-state index in [1.807, 2.05) is 0 Å². The maximum atomic E-state index is 13.5. The van der Waals surface area contributed by atoms with Crippen molar-refractivity contribution in [1.82, 2.24) is 4.98 Å².